The standard InChI is InChI=1S/C27H23N5O/c1-2-32-23-10-6-5-9-20(23)22-15-17(11-14-24(22)32)16-28-31-27(33)26-21-13-12-18-7-3-4-8-19(18)25(21)29-30-26/h3-11,14-16H,2,12-13H2,1H3,(H,29,30)(H,31,33). The lowest BCUT2D eigenvalue weighted by Gasteiger charge is -2.15. The Morgan fingerprint density at radius 2 is 1.88 bits per heavy atom. The predicted octanol–water partition coefficient (Wildman–Crippen LogP) is 5.07. The Morgan fingerprint density at radius 1 is 1.06 bits per heavy atom. The van der Waals surface area contributed by atoms with E-state index in [0.29, 0.717) is 5.69 Å². The molecule has 0 spiro atoms. The number of carbonyl (C=O) groups is 1. The normalized spacial score (nSPS) is 12.9. The van der Waals surface area contributed by atoms with Crippen molar-refractivity contribution < 1.29 is 4.79 Å². The van der Waals surface area contributed by atoms with Crippen LogP contribution >= 0.6 is 0 Å². The summed E-state index contributed by atoms with van der Waals surface area (Å²) in [5.74, 6) is -0.275. The molecule has 0 radical (unpaired) electrons. The van der Waals surface area contributed by atoms with Crippen molar-refractivity contribution in [3.8, 4) is 11.3 Å². The van der Waals surface area contributed by atoms with Crippen LogP contribution in [0.4, 0.5) is 0 Å². The monoisotopic (exact) mass is 433 g/mol. The first-order chi connectivity index (χ1) is 16.2. The van der Waals surface area contributed by atoms with Crippen LogP contribution in [0.5, 0.6) is 0 Å². The topological polar surface area (TPSA) is 75.1 Å². The number of amides is 1. The number of aromatic nitrogens is 3. The van der Waals surface area contributed by atoms with Crippen LogP contribution in [0.1, 0.15) is 34.1 Å². The summed E-state index contributed by atoms with van der Waals surface area (Å²) in [6, 6.07) is 22.9. The smallest absolute Gasteiger partial charge is 0.289 e. The molecule has 6 rings (SSSR count). The minimum Gasteiger partial charge on any atom is -0.341 e. The number of rotatable bonds is 4. The number of fused-ring (bicyclic) bond motifs is 6. The molecule has 0 fully saturated rings. The molecule has 33 heavy (non-hydrogen) atoms. The van der Waals surface area contributed by atoms with Gasteiger partial charge in [0, 0.05) is 39.5 Å². The number of aryl methyl sites for hydroxylation is 2. The van der Waals surface area contributed by atoms with Gasteiger partial charge in [0.1, 0.15) is 5.69 Å². The molecule has 162 valence electrons. The van der Waals surface area contributed by atoms with Gasteiger partial charge in [-0.25, -0.2) is 5.43 Å². The van der Waals surface area contributed by atoms with E-state index in [1.54, 1.807) is 6.21 Å². The summed E-state index contributed by atoms with van der Waals surface area (Å²) in [6.07, 6.45) is 3.37. The number of hydrogen-bond acceptors (Lipinski definition) is 3. The van der Waals surface area contributed by atoms with E-state index in [2.05, 4.69) is 80.7 Å². The number of hydrogen-bond donors (Lipinski definition) is 2. The number of nitrogens with one attached hydrogen (secondary N) is 2. The molecule has 1 aliphatic carbocycles. The number of nitrogens with zero attached hydrogens (tertiary/aromatic N) is 3. The van der Waals surface area contributed by atoms with Gasteiger partial charge in [-0.2, -0.15) is 10.2 Å². The van der Waals surface area contributed by atoms with Gasteiger partial charge >= 0.3 is 0 Å². The van der Waals surface area contributed by atoms with Gasteiger partial charge in [0.25, 0.3) is 5.91 Å². The van der Waals surface area contributed by atoms with Crippen LogP contribution < -0.4 is 5.43 Å². The fourth-order valence-electron chi connectivity index (χ4n) is 4.96. The quantitative estimate of drug-likeness (QED) is 0.307. The average Bonchev–Trinajstić information content (AvgIpc) is 3.43. The van der Waals surface area contributed by atoms with Crippen molar-refractivity contribution in [2.45, 2.75) is 26.3 Å². The second kappa shape index (κ2) is 7.74. The Balaban J connectivity index is 1.26. The molecular formula is C27H23N5O. The molecule has 6 heteroatoms. The van der Waals surface area contributed by atoms with Crippen LogP contribution in [0.25, 0.3) is 33.1 Å². The van der Waals surface area contributed by atoms with Gasteiger partial charge in [-0.15, -0.1) is 0 Å². The molecule has 0 aliphatic heterocycles. The van der Waals surface area contributed by atoms with Crippen molar-refractivity contribution in [3.63, 3.8) is 0 Å². The minimum absolute atomic E-state index is 0.275. The molecule has 1 amide bonds. The Hall–Kier alpha value is -4.19. The van der Waals surface area contributed by atoms with E-state index in [9.17, 15) is 4.79 Å². The highest BCUT2D eigenvalue weighted by atomic mass is 16.2. The molecule has 0 saturated carbocycles. The molecule has 2 aromatic heterocycles. The molecule has 0 saturated heterocycles. The number of benzene rings is 3. The second-order valence-electron chi connectivity index (χ2n) is 8.32. The van der Waals surface area contributed by atoms with Crippen molar-refractivity contribution in [1.82, 2.24) is 20.2 Å². The zero-order valence-electron chi connectivity index (χ0n) is 18.3. The molecule has 2 N–H and O–H groups in total. The van der Waals surface area contributed by atoms with Gasteiger partial charge in [0.2, 0.25) is 0 Å². The van der Waals surface area contributed by atoms with Crippen molar-refractivity contribution >= 4 is 33.9 Å². The van der Waals surface area contributed by atoms with Crippen molar-refractivity contribution in [2.75, 3.05) is 0 Å². The molecule has 6 nitrogen and oxygen atoms in total. The highest BCUT2D eigenvalue weighted by Crippen LogP contribution is 2.33. The lowest BCUT2D eigenvalue weighted by molar-refractivity contribution is 0.0949. The number of para-hydroxylation sites is 1. The number of hydrazone groups is 1. The van der Waals surface area contributed by atoms with Crippen LogP contribution in [-0.4, -0.2) is 26.9 Å². The maximum atomic E-state index is 12.8. The molecule has 2 heterocycles. The van der Waals surface area contributed by atoms with Gasteiger partial charge in [-0.3, -0.25) is 9.89 Å². The molecule has 0 bridgehead atoms. The van der Waals surface area contributed by atoms with Crippen molar-refractivity contribution in [1.29, 1.82) is 0 Å². The van der Waals surface area contributed by atoms with E-state index in [1.807, 2.05) is 18.2 Å². The number of H-pyrrole nitrogens is 1. The number of carbonyl (C=O) groups excluding carboxylic acids is 1. The Kier molecular flexibility index (Phi) is 4.57. The molecule has 0 atom stereocenters. The molecular weight excluding hydrogens is 410 g/mol. The van der Waals surface area contributed by atoms with E-state index in [1.165, 1.54) is 27.4 Å². The third-order valence-corrected chi connectivity index (χ3v) is 6.50. The molecule has 5 aromatic rings. The van der Waals surface area contributed by atoms with E-state index in [-0.39, 0.29) is 5.91 Å². The fraction of sp³-hybridized carbons (Fsp3) is 0.148. The summed E-state index contributed by atoms with van der Waals surface area (Å²) in [6.45, 7) is 3.07. The van der Waals surface area contributed by atoms with Gasteiger partial charge < -0.3 is 4.57 Å². The summed E-state index contributed by atoms with van der Waals surface area (Å²) in [5, 5.41) is 14.0. The average molecular weight is 434 g/mol. The van der Waals surface area contributed by atoms with Gasteiger partial charge in [-0.1, -0.05) is 48.5 Å². The molecule has 3 aromatic carbocycles. The minimum atomic E-state index is -0.275. The van der Waals surface area contributed by atoms with E-state index < -0.39 is 0 Å². The first kappa shape index (κ1) is 19.5. The molecule has 1 aliphatic rings. The van der Waals surface area contributed by atoms with Crippen molar-refractivity contribution in [2.24, 2.45) is 5.10 Å². The van der Waals surface area contributed by atoms with Crippen LogP contribution in [0.15, 0.2) is 71.8 Å². The summed E-state index contributed by atoms with van der Waals surface area (Å²) >= 11 is 0. The summed E-state index contributed by atoms with van der Waals surface area (Å²) in [4.78, 5) is 12.8. The maximum Gasteiger partial charge on any atom is 0.289 e. The van der Waals surface area contributed by atoms with Gasteiger partial charge in [-0.05, 0) is 49.1 Å². The predicted molar refractivity (Wildman–Crippen MR) is 132 cm³/mol. The second-order valence-corrected chi connectivity index (χ2v) is 8.32. The lowest BCUT2D eigenvalue weighted by atomic mass is 9.89. The third-order valence-electron chi connectivity index (χ3n) is 6.50. The third kappa shape index (κ3) is 3.14. The van der Waals surface area contributed by atoms with E-state index >= 15 is 0 Å². The van der Waals surface area contributed by atoms with Gasteiger partial charge in [0.15, 0.2) is 0 Å². The summed E-state index contributed by atoms with van der Waals surface area (Å²) < 4.78 is 2.31. The zero-order valence-corrected chi connectivity index (χ0v) is 18.3. The maximum absolute atomic E-state index is 12.8. The fourth-order valence-corrected chi connectivity index (χ4v) is 4.96. The van der Waals surface area contributed by atoms with Crippen LogP contribution in [0.2, 0.25) is 0 Å². The van der Waals surface area contributed by atoms with E-state index in [0.717, 1.165) is 41.8 Å². The van der Waals surface area contributed by atoms with Crippen LogP contribution in [0, 0.1) is 0 Å². The highest BCUT2D eigenvalue weighted by Gasteiger charge is 2.24. The summed E-state index contributed by atoms with van der Waals surface area (Å²) in [7, 11) is 0. The summed E-state index contributed by atoms with van der Waals surface area (Å²) in [5.41, 5.74) is 10.7. The first-order valence-electron chi connectivity index (χ1n) is 11.2. The van der Waals surface area contributed by atoms with Crippen LogP contribution in [0.3, 0.4) is 0 Å². The highest BCUT2D eigenvalue weighted by molar-refractivity contribution is 6.09. The Morgan fingerprint density at radius 3 is 2.79 bits per heavy atom. The molecule has 0 unspecified atom stereocenters. The SMILES string of the molecule is CCn1c2ccccc2c2cc(C=NNC(=O)c3[nH]nc4c3CCc3ccccc3-4)ccc21. The van der Waals surface area contributed by atoms with Crippen LogP contribution in [-0.2, 0) is 19.4 Å². The van der Waals surface area contributed by atoms with Crippen molar-refractivity contribution in [3.05, 3.63) is 89.1 Å². The first-order valence-corrected chi connectivity index (χ1v) is 11.2. The lowest BCUT2D eigenvalue weighted by Crippen LogP contribution is -2.20. The Bertz CT molecular complexity index is 1560. The zero-order chi connectivity index (χ0) is 22.4. The number of aromatic amines is 1. The Labute approximate surface area is 190 Å². The van der Waals surface area contributed by atoms with Gasteiger partial charge in [0.05, 0.1) is 11.9 Å². The van der Waals surface area contributed by atoms with E-state index in [4.69, 9.17) is 0 Å². The largest absolute Gasteiger partial charge is 0.341 e.